The van der Waals surface area contributed by atoms with Gasteiger partial charge in [-0.15, -0.1) is 0 Å². The number of amides is 2. The van der Waals surface area contributed by atoms with Crippen LogP contribution in [0.25, 0.3) is 0 Å². The average molecular weight is 389 g/mol. The summed E-state index contributed by atoms with van der Waals surface area (Å²) >= 11 is 0. The van der Waals surface area contributed by atoms with Gasteiger partial charge in [-0.2, -0.15) is 0 Å². The number of nitrogens with zero attached hydrogens (tertiary/aromatic N) is 3. The lowest BCUT2D eigenvalue weighted by molar-refractivity contribution is -0.133. The van der Waals surface area contributed by atoms with Gasteiger partial charge in [-0.3, -0.25) is 14.6 Å². The Morgan fingerprint density at radius 1 is 1.14 bits per heavy atom. The minimum atomic E-state index is -0.372. The van der Waals surface area contributed by atoms with Gasteiger partial charge in [-0.05, 0) is 55.5 Å². The van der Waals surface area contributed by atoms with Crippen LogP contribution >= 0.6 is 0 Å². The molecule has 0 saturated heterocycles. The SMILES string of the molecule is CN1C(=O)C2=C(CCCN(C(=O)Cc3ccccc3)C2c2ccncc2)C1(C)C. The number of benzene rings is 1. The van der Waals surface area contributed by atoms with E-state index in [1.54, 1.807) is 12.4 Å². The molecule has 0 aliphatic carbocycles. The van der Waals surface area contributed by atoms with Crippen LogP contribution in [-0.4, -0.2) is 45.7 Å². The molecule has 2 aliphatic heterocycles. The van der Waals surface area contributed by atoms with Crippen molar-refractivity contribution in [3.05, 3.63) is 77.1 Å². The van der Waals surface area contributed by atoms with Gasteiger partial charge in [0.05, 0.1) is 18.0 Å². The third-order valence-corrected chi connectivity index (χ3v) is 6.39. The second-order valence-electron chi connectivity index (χ2n) is 8.35. The van der Waals surface area contributed by atoms with Gasteiger partial charge in [0.25, 0.3) is 5.91 Å². The zero-order valence-corrected chi connectivity index (χ0v) is 17.3. The van der Waals surface area contributed by atoms with Crippen LogP contribution in [-0.2, 0) is 16.0 Å². The van der Waals surface area contributed by atoms with Gasteiger partial charge >= 0.3 is 0 Å². The second-order valence-corrected chi connectivity index (χ2v) is 8.35. The first kappa shape index (κ1) is 19.4. The molecular formula is C24H27N3O2. The van der Waals surface area contributed by atoms with E-state index in [1.807, 2.05) is 59.3 Å². The predicted octanol–water partition coefficient (Wildman–Crippen LogP) is 3.54. The molecule has 1 unspecified atom stereocenters. The van der Waals surface area contributed by atoms with Crippen LogP contribution in [0.4, 0.5) is 0 Å². The number of carbonyl (C=O) groups excluding carboxylic acids is 2. The van der Waals surface area contributed by atoms with E-state index in [9.17, 15) is 9.59 Å². The molecule has 2 aromatic rings. The Hall–Kier alpha value is -2.95. The van der Waals surface area contributed by atoms with Crippen molar-refractivity contribution in [1.82, 2.24) is 14.8 Å². The lowest BCUT2D eigenvalue weighted by Crippen LogP contribution is -2.42. The molecule has 0 radical (unpaired) electrons. The Bertz CT molecular complexity index is 951. The van der Waals surface area contributed by atoms with Gasteiger partial charge in [0.2, 0.25) is 5.91 Å². The molecule has 1 aromatic heterocycles. The number of rotatable bonds is 3. The molecule has 1 atom stereocenters. The molecule has 0 spiro atoms. The van der Waals surface area contributed by atoms with Gasteiger partial charge in [-0.1, -0.05) is 30.3 Å². The quantitative estimate of drug-likeness (QED) is 0.807. The maximum absolute atomic E-state index is 13.4. The van der Waals surface area contributed by atoms with Gasteiger partial charge in [0, 0.05) is 31.6 Å². The van der Waals surface area contributed by atoms with Crippen molar-refractivity contribution >= 4 is 11.8 Å². The highest BCUT2D eigenvalue weighted by atomic mass is 16.2. The second kappa shape index (κ2) is 7.47. The van der Waals surface area contributed by atoms with Crippen molar-refractivity contribution in [3.8, 4) is 0 Å². The molecule has 1 aromatic carbocycles. The summed E-state index contributed by atoms with van der Waals surface area (Å²) < 4.78 is 0. The van der Waals surface area contributed by atoms with E-state index in [-0.39, 0.29) is 23.4 Å². The minimum absolute atomic E-state index is 0.0197. The van der Waals surface area contributed by atoms with E-state index in [0.717, 1.165) is 35.1 Å². The first-order chi connectivity index (χ1) is 13.9. The predicted molar refractivity (Wildman–Crippen MR) is 112 cm³/mol. The Morgan fingerprint density at radius 2 is 1.83 bits per heavy atom. The van der Waals surface area contributed by atoms with Crippen LogP contribution in [0.3, 0.4) is 0 Å². The third kappa shape index (κ3) is 3.35. The Labute approximate surface area is 172 Å². The zero-order valence-electron chi connectivity index (χ0n) is 17.3. The van der Waals surface area contributed by atoms with Crippen LogP contribution in [0.5, 0.6) is 0 Å². The van der Waals surface area contributed by atoms with E-state index in [1.165, 1.54) is 0 Å². The molecule has 5 nitrogen and oxygen atoms in total. The number of likely N-dealkylation sites (N-methyl/N-ethyl adjacent to an activating group) is 1. The summed E-state index contributed by atoms with van der Waals surface area (Å²) in [5.41, 5.74) is 3.51. The van der Waals surface area contributed by atoms with Crippen molar-refractivity contribution in [2.24, 2.45) is 0 Å². The van der Waals surface area contributed by atoms with E-state index in [2.05, 4.69) is 18.8 Å². The standard InChI is InChI=1S/C24H27N3O2/c1-24(2)19-10-7-15-27(20(28)16-17-8-5-4-6-9-17)22(18-11-13-25-14-12-18)21(19)23(29)26(24)3/h4-6,8-9,11-14,22H,7,10,15-16H2,1-3H3. The molecule has 150 valence electrons. The molecule has 3 heterocycles. The van der Waals surface area contributed by atoms with E-state index >= 15 is 0 Å². The van der Waals surface area contributed by atoms with Gasteiger partial charge in [-0.25, -0.2) is 0 Å². The monoisotopic (exact) mass is 389 g/mol. The molecule has 29 heavy (non-hydrogen) atoms. The van der Waals surface area contributed by atoms with E-state index in [4.69, 9.17) is 0 Å². The first-order valence-electron chi connectivity index (χ1n) is 10.2. The topological polar surface area (TPSA) is 53.5 Å². The molecular weight excluding hydrogens is 362 g/mol. The maximum Gasteiger partial charge on any atom is 0.252 e. The van der Waals surface area contributed by atoms with Crippen molar-refractivity contribution in [1.29, 1.82) is 0 Å². The van der Waals surface area contributed by atoms with Gasteiger partial charge < -0.3 is 9.80 Å². The lowest BCUT2D eigenvalue weighted by atomic mass is 9.87. The molecule has 2 aliphatic rings. The van der Waals surface area contributed by atoms with Crippen LogP contribution in [0.15, 0.2) is 66.0 Å². The number of hydrogen-bond acceptors (Lipinski definition) is 3. The molecule has 0 fully saturated rings. The van der Waals surface area contributed by atoms with Gasteiger partial charge in [0.1, 0.15) is 0 Å². The molecule has 0 bridgehead atoms. The van der Waals surface area contributed by atoms with Crippen molar-refractivity contribution in [3.63, 3.8) is 0 Å². The van der Waals surface area contributed by atoms with E-state index in [0.29, 0.717) is 13.0 Å². The summed E-state index contributed by atoms with van der Waals surface area (Å²) in [5, 5.41) is 0. The minimum Gasteiger partial charge on any atom is -0.333 e. The number of pyridine rings is 1. The zero-order chi connectivity index (χ0) is 20.6. The highest BCUT2D eigenvalue weighted by Crippen LogP contribution is 2.46. The largest absolute Gasteiger partial charge is 0.333 e. The molecule has 0 saturated carbocycles. The summed E-state index contributed by atoms with van der Waals surface area (Å²) in [4.78, 5) is 34.6. The Kier molecular flexibility index (Phi) is 4.99. The third-order valence-electron chi connectivity index (χ3n) is 6.39. The molecule has 0 N–H and O–H groups in total. The van der Waals surface area contributed by atoms with Crippen molar-refractivity contribution in [2.75, 3.05) is 13.6 Å². The van der Waals surface area contributed by atoms with E-state index < -0.39 is 0 Å². The first-order valence-corrected chi connectivity index (χ1v) is 10.2. The van der Waals surface area contributed by atoms with Crippen LogP contribution in [0.1, 0.15) is 43.9 Å². The number of aromatic nitrogens is 1. The lowest BCUT2D eigenvalue weighted by Gasteiger charge is -2.33. The fourth-order valence-electron chi connectivity index (χ4n) is 4.56. The number of carbonyl (C=O) groups is 2. The van der Waals surface area contributed by atoms with Crippen LogP contribution in [0.2, 0.25) is 0 Å². The molecule has 4 rings (SSSR count). The fraction of sp³-hybridized carbons (Fsp3) is 0.375. The number of hydrogen-bond donors (Lipinski definition) is 0. The summed E-state index contributed by atoms with van der Waals surface area (Å²) in [7, 11) is 1.86. The van der Waals surface area contributed by atoms with Crippen LogP contribution < -0.4 is 0 Å². The van der Waals surface area contributed by atoms with Crippen molar-refractivity contribution in [2.45, 2.75) is 44.7 Å². The highest BCUT2D eigenvalue weighted by molar-refractivity contribution is 6.00. The van der Waals surface area contributed by atoms with Crippen molar-refractivity contribution < 1.29 is 9.59 Å². The average Bonchev–Trinajstić information content (AvgIpc) is 2.88. The smallest absolute Gasteiger partial charge is 0.252 e. The summed E-state index contributed by atoms with van der Waals surface area (Å²) in [5.74, 6) is 0.0677. The summed E-state index contributed by atoms with van der Waals surface area (Å²) in [6.07, 6.45) is 5.47. The maximum atomic E-state index is 13.4. The summed E-state index contributed by atoms with van der Waals surface area (Å²) in [6.45, 7) is 4.83. The fourth-order valence-corrected chi connectivity index (χ4v) is 4.56. The van der Waals surface area contributed by atoms with Gasteiger partial charge in [0.15, 0.2) is 0 Å². The molecule has 2 amide bonds. The Morgan fingerprint density at radius 3 is 2.52 bits per heavy atom. The Balaban J connectivity index is 1.79. The molecule has 5 heteroatoms. The van der Waals surface area contributed by atoms with Crippen LogP contribution in [0, 0.1) is 0 Å². The summed E-state index contributed by atoms with van der Waals surface area (Å²) in [6, 6.07) is 13.3. The highest BCUT2D eigenvalue weighted by Gasteiger charge is 2.48. The normalized spacial score (nSPS) is 21.2.